The summed E-state index contributed by atoms with van der Waals surface area (Å²) in [4.78, 5) is 0. The molecule has 0 N–H and O–H groups in total. The van der Waals surface area contributed by atoms with Crippen molar-refractivity contribution in [2.24, 2.45) is 11.8 Å². The minimum atomic E-state index is 0. The Kier molecular flexibility index (Phi) is 22.1. The SMILES string of the molecule is CC(C[CH-]c1ccccc1)CCc1cccc(CCC(C)C[CH-]c2ccccc2)c1.[Li+].[Li+].[Li+].[Li+]. The second kappa shape index (κ2) is 20.9. The van der Waals surface area contributed by atoms with Gasteiger partial charge in [-0.15, -0.1) is 24.3 Å². The van der Waals surface area contributed by atoms with Gasteiger partial charge < -0.3 is 0 Å². The van der Waals surface area contributed by atoms with Gasteiger partial charge in [0.25, 0.3) is 0 Å². The van der Waals surface area contributed by atoms with E-state index in [1.807, 2.05) is 0 Å². The van der Waals surface area contributed by atoms with Gasteiger partial charge in [-0.05, 0) is 36.8 Å². The van der Waals surface area contributed by atoms with Gasteiger partial charge in [0.05, 0.1) is 0 Å². The molecule has 0 bridgehead atoms. The maximum atomic E-state index is 2.43. The van der Waals surface area contributed by atoms with Crippen LogP contribution in [0.4, 0.5) is 0 Å². The van der Waals surface area contributed by atoms with Crippen LogP contribution in [0.3, 0.4) is 0 Å². The molecule has 0 spiro atoms. The zero-order valence-electron chi connectivity index (χ0n) is 22.6. The third kappa shape index (κ3) is 14.4. The number of benzene rings is 3. The van der Waals surface area contributed by atoms with Gasteiger partial charge in [-0.1, -0.05) is 74.9 Å². The van der Waals surface area contributed by atoms with E-state index in [-0.39, 0.29) is 75.4 Å². The van der Waals surface area contributed by atoms with E-state index in [2.05, 4.69) is 112 Å². The summed E-state index contributed by atoms with van der Waals surface area (Å²) in [7, 11) is 0. The topological polar surface area (TPSA) is 0 Å². The summed E-state index contributed by atoms with van der Waals surface area (Å²) < 4.78 is 0. The van der Waals surface area contributed by atoms with Crippen LogP contribution in [0, 0.1) is 24.7 Å². The van der Waals surface area contributed by atoms with Crippen molar-refractivity contribution < 1.29 is 75.4 Å². The van der Waals surface area contributed by atoms with E-state index in [4.69, 9.17) is 0 Å². The minimum absolute atomic E-state index is 0. The van der Waals surface area contributed by atoms with Crippen LogP contribution in [0.5, 0.6) is 0 Å². The van der Waals surface area contributed by atoms with Gasteiger partial charge in [-0.25, -0.2) is 0 Å². The Labute approximate surface area is 257 Å². The van der Waals surface area contributed by atoms with E-state index in [0.29, 0.717) is 11.8 Å². The Morgan fingerprint density at radius 3 is 1.29 bits per heavy atom. The summed E-state index contributed by atoms with van der Waals surface area (Å²) in [6.45, 7) is 4.74. The van der Waals surface area contributed by atoms with E-state index in [1.165, 1.54) is 47.9 Å². The third-order valence-electron chi connectivity index (χ3n) is 5.95. The van der Waals surface area contributed by atoms with Crippen molar-refractivity contribution in [2.75, 3.05) is 0 Å². The van der Waals surface area contributed by atoms with Crippen molar-refractivity contribution in [2.45, 2.75) is 52.4 Å². The maximum absolute atomic E-state index is 2.43. The summed E-state index contributed by atoms with van der Waals surface area (Å²) >= 11 is 0. The molecule has 0 saturated heterocycles. The first-order chi connectivity index (χ1) is 14.7. The Balaban J connectivity index is 0. The van der Waals surface area contributed by atoms with Crippen molar-refractivity contribution in [1.82, 2.24) is 0 Å². The first-order valence-electron chi connectivity index (χ1n) is 11.5. The first-order valence-corrected chi connectivity index (χ1v) is 11.5. The first kappa shape index (κ1) is 35.9. The van der Waals surface area contributed by atoms with E-state index in [1.54, 1.807) is 0 Å². The molecule has 0 radical (unpaired) electrons. The van der Waals surface area contributed by atoms with Crippen molar-refractivity contribution in [3.63, 3.8) is 0 Å². The molecule has 0 aliphatic heterocycles. The average molecular weight is 424 g/mol. The van der Waals surface area contributed by atoms with Gasteiger partial charge in [-0.2, -0.15) is 48.2 Å². The molecule has 34 heavy (non-hydrogen) atoms. The van der Waals surface area contributed by atoms with Gasteiger partial charge in [0, 0.05) is 0 Å². The zero-order valence-corrected chi connectivity index (χ0v) is 22.6. The quantitative estimate of drug-likeness (QED) is 0.206. The van der Waals surface area contributed by atoms with Crippen LogP contribution in [0.2, 0.25) is 0 Å². The molecule has 2 unspecified atom stereocenters. The molecular formula is C30H36Li4+2. The molecule has 3 aromatic rings. The number of rotatable bonds is 12. The van der Waals surface area contributed by atoms with E-state index >= 15 is 0 Å². The average Bonchev–Trinajstić information content (AvgIpc) is 2.80. The molecule has 0 aliphatic rings. The fraction of sp³-hybridized carbons (Fsp3) is 0.333. The Hall–Kier alpha value is -0.210. The Morgan fingerprint density at radius 2 is 0.912 bits per heavy atom. The summed E-state index contributed by atoms with van der Waals surface area (Å²) in [5, 5.41) is 0. The smallest absolute Gasteiger partial charge is 0.192 e. The molecule has 0 saturated carbocycles. The molecule has 4 heteroatoms. The van der Waals surface area contributed by atoms with Crippen LogP contribution >= 0.6 is 0 Å². The molecule has 158 valence electrons. The molecule has 0 nitrogen and oxygen atoms in total. The maximum Gasteiger partial charge on any atom is 1.00 e. The van der Waals surface area contributed by atoms with Gasteiger partial charge in [-0.3, -0.25) is 0 Å². The standard InChI is InChI=1S/C30H36.4Li/c1-25(16-20-27-10-5-3-6-11-27)18-22-29-14-9-15-30(24-29)23-19-26(2)17-21-28-12-7-4-8-13-28;;;;/h3-15,20-21,24-26H,16-19,22-23H2,1-2H3;;;;/q-2;4*+1. The van der Waals surface area contributed by atoms with Crippen LogP contribution in [-0.2, 0) is 12.8 Å². The van der Waals surface area contributed by atoms with Crippen LogP contribution in [-0.4, -0.2) is 0 Å². The molecule has 2 atom stereocenters. The van der Waals surface area contributed by atoms with E-state index in [0.717, 1.165) is 12.8 Å². The molecule has 3 aromatic carbocycles. The van der Waals surface area contributed by atoms with Gasteiger partial charge >= 0.3 is 75.4 Å². The van der Waals surface area contributed by atoms with Crippen molar-refractivity contribution in [1.29, 1.82) is 0 Å². The number of hydrogen-bond acceptors (Lipinski definition) is 0. The van der Waals surface area contributed by atoms with Crippen molar-refractivity contribution >= 4 is 0 Å². The summed E-state index contributed by atoms with van der Waals surface area (Å²) in [5.41, 5.74) is 5.65. The minimum Gasteiger partial charge on any atom is -0.192 e. The normalized spacial score (nSPS) is 11.4. The van der Waals surface area contributed by atoms with Gasteiger partial charge in [0.2, 0.25) is 0 Å². The monoisotopic (exact) mass is 424 g/mol. The van der Waals surface area contributed by atoms with Crippen LogP contribution < -0.4 is 75.4 Å². The molecule has 0 amide bonds. The van der Waals surface area contributed by atoms with Gasteiger partial charge in [0.15, 0.2) is 0 Å². The summed E-state index contributed by atoms with van der Waals surface area (Å²) in [6.07, 6.45) is 11.9. The molecule has 0 aromatic heterocycles. The van der Waals surface area contributed by atoms with E-state index in [9.17, 15) is 0 Å². The van der Waals surface area contributed by atoms with E-state index < -0.39 is 0 Å². The fourth-order valence-electron chi connectivity index (χ4n) is 3.86. The Morgan fingerprint density at radius 1 is 0.529 bits per heavy atom. The second-order valence-electron chi connectivity index (χ2n) is 8.81. The Bertz CT molecular complexity index is 783. The number of aryl methyl sites for hydroxylation is 2. The van der Waals surface area contributed by atoms with Crippen LogP contribution in [0.15, 0.2) is 84.9 Å². The summed E-state index contributed by atoms with van der Waals surface area (Å²) in [6, 6.07) is 30.6. The third-order valence-corrected chi connectivity index (χ3v) is 5.95. The second-order valence-corrected chi connectivity index (χ2v) is 8.81. The largest absolute Gasteiger partial charge is 1.00 e. The summed E-state index contributed by atoms with van der Waals surface area (Å²) in [5.74, 6) is 1.42. The predicted octanol–water partition coefficient (Wildman–Crippen LogP) is -3.87. The molecule has 0 aliphatic carbocycles. The van der Waals surface area contributed by atoms with Crippen molar-refractivity contribution in [3.8, 4) is 0 Å². The molecule has 3 rings (SSSR count). The predicted molar refractivity (Wildman–Crippen MR) is 130 cm³/mol. The van der Waals surface area contributed by atoms with Crippen molar-refractivity contribution in [3.05, 3.63) is 120 Å². The van der Waals surface area contributed by atoms with Crippen LogP contribution in [0.25, 0.3) is 0 Å². The number of hydrogen-bond donors (Lipinski definition) is 0. The zero-order chi connectivity index (χ0) is 21.0. The fourth-order valence-corrected chi connectivity index (χ4v) is 3.86. The molecule has 0 heterocycles. The molecular weight excluding hydrogens is 388 g/mol. The van der Waals surface area contributed by atoms with Crippen LogP contribution in [0.1, 0.15) is 61.8 Å². The van der Waals surface area contributed by atoms with Gasteiger partial charge in [0.1, 0.15) is 0 Å². The molecule has 0 fully saturated rings.